The third kappa shape index (κ3) is 5.80. The molecule has 1 aromatic heterocycles. The van der Waals surface area contributed by atoms with Gasteiger partial charge in [0.05, 0.1) is 31.8 Å². The van der Waals surface area contributed by atoms with Gasteiger partial charge in [0.2, 0.25) is 0 Å². The predicted octanol–water partition coefficient (Wildman–Crippen LogP) is 5.38. The molecule has 0 saturated heterocycles. The minimum Gasteiger partial charge on any atom is -0.493 e. The summed E-state index contributed by atoms with van der Waals surface area (Å²) in [7, 11) is 3.11. The number of hydrogen-bond donors (Lipinski definition) is 1. The molecule has 0 fully saturated rings. The van der Waals surface area contributed by atoms with Gasteiger partial charge in [0.1, 0.15) is 11.6 Å². The molecule has 0 radical (unpaired) electrons. The van der Waals surface area contributed by atoms with Crippen LogP contribution in [0.5, 0.6) is 11.5 Å². The number of unbranched alkanes of at least 4 members (excludes halogenated alkanes) is 2. The van der Waals surface area contributed by atoms with Gasteiger partial charge in [-0.1, -0.05) is 36.8 Å². The van der Waals surface area contributed by atoms with Gasteiger partial charge in [0, 0.05) is 24.1 Å². The summed E-state index contributed by atoms with van der Waals surface area (Å²) in [4.78, 5) is 17.3. The Balaban J connectivity index is 1.31. The van der Waals surface area contributed by atoms with Crippen LogP contribution >= 0.6 is 0 Å². The van der Waals surface area contributed by atoms with Crippen molar-refractivity contribution < 1.29 is 18.7 Å². The molecule has 4 aromatic rings. The molecule has 4 rings (SSSR count). The van der Waals surface area contributed by atoms with Crippen molar-refractivity contribution in [1.29, 1.82) is 0 Å². The lowest BCUT2D eigenvalue weighted by atomic mass is 10.1. The van der Waals surface area contributed by atoms with Crippen LogP contribution in [0, 0.1) is 5.82 Å². The van der Waals surface area contributed by atoms with Crippen LogP contribution < -0.4 is 14.8 Å². The van der Waals surface area contributed by atoms with Crippen molar-refractivity contribution >= 4 is 16.9 Å². The lowest BCUT2D eigenvalue weighted by molar-refractivity contribution is 0.0952. The minimum absolute atomic E-state index is 0.141. The lowest BCUT2D eigenvalue weighted by Crippen LogP contribution is -2.24. The van der Waals surface area contributed by atoms with E-state index >= 15 is 0 Å². The average Bonchev–Trinajstić information content (AvgIpc) is 3.23. The first-order valence-corrected chi connectivity index (χ1v) is 11.8. The van der Waals surface area contributed by atoms with Crippen molar-refractivity contribution in [1.82, 2.24) is 14.9 Å². The summed E-state index contributed by atoms with van der Waals surface area (Å²) in [5.41, 5.74) is 3.10. The quantitative estimate of drug-likeness (QED) is 0.296. The topological polar surface area (TPSA) is 65.4 Å². The molecular weight excluding hydrogens is 445 g/mol. The van der Waals surface area contributed by atoms with E-state index in [1.54, 1.807) is 38.5 Å². The lowest BCUT2D eigenvalue weighted by Gasteiger charge is -2.11. The summed E-state index contributed by atoms with van der Waals surface area (Å²) in [6.07, 6.45) is 3.50. The SMILES string of the molecule is COc1ccc(C(=O)NCCCCCc2nc3ccccc3n2Cc2ccccc2F)cc1OC. The molecule has 0 bridgehead atoms. The maximum Gasteiger partial charge on any atom is 0.251 e. The fraction of sp³-hybridized carbons (Fsp3) is 0.286. The Morgan fingerprint density at radius 1 is 0.943 bits per heavy atom. The third-order valence-corrected chi connectivity index (χ3v) is 6.03. The van der Waals surface area contributed by atoms with Crippen LogP contribution in [0.25, 0.3) is 11.0 Å². The second-order valence-electron chi connectivity index (χ2n) is 8.33. The first-order chi connectivity index (χ1) is 17.1. The minimum atomic E-state index is -0.207. The Labute approximate surface area is 204 Å². The number of nitrogens with one attached hydrogen (secondary N) is 1. The summed E-state index contributed by atoms with van der Waals surface area (Å²) in [5.74, 6) is 1.71. The van der Waals surface area contributed by atoms with E-state index in [-0.39, 0.29) is 11.7 Å². The second kappa shape index (κ2) is 11.5. The van der Waals surface area contributed by atoms with E-state index in [0.29, 0.717) is 35.7 Å². The molecule has 1 N–H and O–H groups in total. The number of aromatic nitrogens is 2. The molecule has 0 saturated carbocycles. The van der Waals surface area contributed by atoms with Gasteiger partial charge in [-0.2, -0.15) is 0 Å². The number of para-hydroxylation sites is 2. The number of carbonyl (C=O) groups is 1. The Hall–Kier alpha value is -3.87. The molecule has 35 heavy (non-hydrogen) atoms. The fourth-order valence-electron chi connectivity index (χ4n) is 4.16. The zero-order valence-electron chi connectivity index (χ0n) is 20.1. The summed E-state index contributed by atoms with van der Waals surface area (Å²) >= 11 is 0. The molecule has 0 aliphatic rings. The van der Waals surface area contributed by atoms with Gasteiger partial charge < -0.3 is 19.4 Å². The van der Waals surface area contributed by atoms with Crippen molar-refractivity contribution in [3.63, 3.8) is 0 Å². The zero-order valence-corrected chi connectivity index (χ0v) is 20.1. The van der Waals surface area contributed by atoms with Gasteiger partial charge >= 0.3 is 0 Å². The van der Waals surface area contributed by atoms with Crippen molar-refractivity contribution in [3.8, 4) is 11.5 Å². The highest BCUT2D eigenvalue weighted by Crippen LogP contribution is 2.27. The highest BCUT2D eigenvalue weighted by Gasteiger charge is 2.13. The number of hydrogen-bond acceptors (Lipinski definition) is 4. The summed E-state index contributed by atoms with van der Waals surface area (Å²) in [6.45, 7) is 1.03. The number of aryl methyl sites for hydroxylation is 1. The maximum atomic E-state index is 14.3. The number of fused-ring (bicyclic) bond motifs is 1. The van der Waals surface area contributed by atoms with E-state index in [4.69, 9.17) is 14.5 Å². The average molecular weight is 476 g/mol. The van der Waals surface area contributed by atoms with E-state index in [1.165, 1.54) is 6.07 Å². The molecule has 0 aliphatic heterocycles. The number of halogens is 1. The Morgan fingerprint density at radius 2 is 1.71 bits per heavy atom. The first kappa shape index (κ1) is 24.3. The molecule has 3 aromatic carbocycles. The van der Waals surface area contributed by atoms with Crippen molar-refractivity contribution in [2.45, 2.75) is 32.2 Å². The first-order valence-electron chi connectivity index (χ1n) is 11.8. The van der Waals surface area contributed by atoms with Crippen LogP contribution in [-0.2, 0) is 13.0 Å². The highest BCUT2D eigenvalue weighted by atomic mass is 19.1. The molecule has 7 heteroatoms. The molecule has 0 unspecified atom stereocenters. The van der Waals surface area contributed by atoms with Gasteiger partial charge in [-0.25, -0.2) is 9.37 Å². The van der Waals surface area contributed by atoms with Gasteiger partial charge in [0.25, 0.3) is 5.91 Å². The number of benzene rings is 3. The Kier molecular flexibility index (Phi) is 7.98. The van der Waals surface area contributed by atoms with Gasteiger partial charge in [-0.15, -0.1) is 0 Å². The standard InChI is InChI=1S/C28H30FN3O3/c1-34-25-16-15-20(18-26(25)35-2)28(33)30-17-9-3-4-14-27-31-23-12-7-8-13-24(23)32(27)19-21-10-5-6-11-22(21)29/h5-8,10-13,15-16,18H,3-4,9,14,17,19H2,1-2H3,(H,30,33). The van der Waals surface area contributed by atoms with E-state index in [1.807, 2.05) is 36.4 Å². The molecule has 0 atom stereocenters. The summed E-state index contributed by atoms with van der Waals surface area (Å²) in [6, 6.07) is 19.9. The van der Waals surface area contributed by atoms with E-state index in [9.17, 15) is 9.18 Å². The largest absolute Gasteiger partial charge is 0.493 e. The number of methoxy groups -OCH3 is 2. The van der Waals surface area contributed by atoms with Gasteiger partial charge in [-0.3, -0.25) is 4.79 Å². The molecule has 1 heterocycles. The maximum absolute atomic E-state index is 14.3. The van der Waals surface area contributed by atoms with Crippen LogP contribution in [0.15, 0.2) is 66.7 Å². The number of nitrogens with zero attached hydrogens (tertiary/aromatic N) is 2. The number of carbonyl (C=O) groups excluding carboxylic acids is 1. The monoisotopic (exact) mass is 475 g/mol. The summed E-state index contributed by atoms with van der Waals surface area (Å²) < 4.78 is 26.9. The number of ether oxygens (including phenoxy) is 2. The van der Waals surface area contributed by atoms with Crippen molar-refractivity contribution in [2.24, 2.45) is 0 Å². The van der Waals surface area contributed by atoms with Crippen LogP contribution in [0.4, 0.5) is 4.39 Å². The highest BCUT2D eigenvalue weighted by molar-refractivity contribution is 5.94. The van der Waals surface area contributed by atoms with Gasteiger partial charge in [-0.05, 0) is 49.2 Å². The van der Waals surface area contributed by atoms with E-state index in [0.717, 1.165) is 42.5 Å². The van der Waals surface area contributed by atoms with Crippen LogP contribution in [0.2, 0.25) is 0 Å². The second-order valence-corrected chi connectivity index (χ2v) is 8.33. The molecule has 0 aliphatic carbocycles. The molecule has 6 nitrogen and oxygen atoms in total. The van der Waals surface area contributed by atoms with Crippen LogP contribution in [0.3, 0.4) is 0 Å². The number of rotatable bonds is 11. The zero-order chi connectivity index (χ0) is 24.6. The molecule has 182 valence electrons. The number of amides is 1. The van der Waals surface area contributed by atoms with E-state index < -0.39 is 0 Å². The molecule has 0 spiro atoms. The van der Waals surface area contributed by atoms with E-state index in [2.05, 4.69) is 9.88 Å². The van der Waals surface area contributed by atoms with Crippen LogP contribution in [0.1, 0.15) is 41.0 Å². The molecular formula is C28H30FN3O3. The Bertz CT molecular complexity index is 1300. The van der Waals surface area contributed by atoms with Crippen LogP contribution in [-0.4, -0.2) is 36.2 Å². The molecule has 1 amide bonds. The van der Waals surface area contributed by atoms with Crippen molar-refractivity contribution in [3.05, 3.63) is 89.5 Å². The third-order valence-electron chi connectivity index (χ3n) is 6.03. The normalized spacial score (nSPS) is 10.9. The van der Waals surface area contributed by atoms with Crippen molar-refractivity contribution in [2.75, 3.05) is 20.8 Å². The fourth-order valence-corrected chi connectivity index (χ4v) is 4.16. The predicted molar refractivity (Wildman–Crippen MR) is 135 cm³/mol. The van der Waals surface area contributed by atoms with Gasteiger partial charge in [0.15, 0.2) is 11.5 Å². The summed E-state index contributed by atoms with van der Waals surface area (Å²) in [5, 5.41) is 2.96. The number of imidazole rings is 1. The smallest absolute Gasteiger partial charge is 0.251 e. The Morgan fingerprint density at radius 3 is 2.51 bits per heavy atom.